The van der Waals surface area contributed by atoms with Crippen molar-refractivity contribution < 1.29 is 14.2 Å². The van der Waals surface area contributed by atoms with Gasteiger partial charge in [-0.15, -0.1) is 0 Å². The van der Waals surface area contributed by atoms with Gasteiger partial charge in [0.25, 0.3) is 0 Å². The zero-order chi connectivity index (χ0) is 34.7. The van der Waals surface area contributed by atoms with Crippen molar-refractivity contribution in [2.75, 3.05) is 49.2 Å². The van der Waals surface area contributed by atoms with Gasteiger partial charge >= 0.3 is 5.69 Å². The fourth-order valence-electron chi connectivity index (χ4n) is 6.59. The zero-order valence-corrected chi connectivity index (χ0v) is 28.6. The molecule has 3 atom stereocenters. The Bertz CT molecular complexity index is 1990. The van der Waals surface area contributed by atoms with Gasteiger partial charge in [-0.05, 0) is 86.5 Å². The van der Waals surface area contributed by atoms with Crippen LogP contribution in [-0.4, -0.2) is 74.8 Å². The first-order chi connectivity index (χ1) is 24.4. The third-order valence-electron chi connectivity index (χ3n) is 9.55. The van der Waals surface area contributed by atoms with E-state index in [1.807, 2.05) is 57.2 Å². The molecule has 13 nitrogen and oxygen atoms in total. The van der Waals surface area contributed by atoms with Crippen LogP contribution in [0.4, 0.5) is 11.4 Å². The van der Waals surface area contributed by atoms with Crippen LogP contribution in [0, 0.1) is 18.3 Å². The summed E-state index contributed by atoms with van der Waals surface area (Å²) in [6.45, 7) is 10.5. The smallest absolute Gasteiger partial charge is 0.350 e. The molecule has 2 aliphatic heterocycles. The first kappa shape index (κ1) is 33.1. The minimum absolute atomic E-state index is 0.0640. The van der Waals surface area contributed by atoms with Crippen LogP contribution in [-0.2, 0) is 21.8 Å². The number of hydrogen-bond acceptors (Lipinski definition) is 10. The summed E-state index contributed by atoms with van der Waals surface area (Å²) in [6, 6.07) is 24.0. The maximum Gasteiger partial charge on any atom is 0.350 e. The Morgan fingerprint density at radius 3 is 2.20 bits per heavy atom. The van der Waals surface area contributed by atoms with Gasteiger partial charge in [0.1, 0.15) is 31.3 Å². The number of rotatable bonds is 11. The van der Waals surface area contributed by atoms with Crippen LogP contribution in [0.3, 0.4) is 0 Å². The highest BCUT2D eigenvalue weighted by molar-refractivity contribution is 5.55. The number of benzene rings is 3. The monoisotopic (exact) mass is 675 g/mol. The molecule has 5 aromatic rings. The van der Waals surface area contributed by atoms with Crippen molar-refractivity contribution in [3.63, 3.8) is 0 Å². The van der Waals surface area contributed by atoms with Gasteiger partial charge < -0.3 is 24.0 Å². The van der Waals surface area contributed by atoms with Crippen molar-refractivity contribution in [2.45, 2.75) is 51.7 Å². The first-order valence-electron chi connectivity index (χ1n) is 17.0. The van der Waals surface area contributed by atoms with Gasteiger partial charge in [-0.25, -0.2) is 14.0 Å². The van der Waals surface area contributed by atoms with Crippen molar-refractivity contribution in [1.29, 1.82) is 5.26 Å². The Kier molecular flexibility index (Phi) is 9.38. The molecule has 2 fully saturated rings. The van der Waals surface area contributed by atoms with E-state index >= 15 is 0 Å². The van der Waals surface area contributed by atoms with Crippen LogP contribution < -0.4 is 20.2 Å². The topological polar surface area (TPSA) is 128 Å². The van der Waals surface area contributed by atoms with E-state index < -0.39 is 5.79 Å². The third kappa shape index (κ3) is 6.72. The predicted octanol–water partition coefficient (Wildman–Crippen LogP) is 4.45. The standard InChI is InChI=1S/C37H41N9O4/c1-4-28(3)46-36(47)44(26-41-46)32-8-6-30(7-9-32)42-17-19-43(20-18-42)31-10-12-33(13-11-31)48-23-34-24-49-37(50-34,25-45-39-15-16-40-45)35-14-5-29(22-38)21-27(35)2/h5-16,21,26,28,34H,4,17-20,23-25H2,1-3H3/t28?,34-,37-/m1/s1. The maximum absolute atomic E-state index is 12.8. The molecule has 0 saturated carbocycles. The molecule has 0 spiro atoms. The fraction of sp³-hybridized carbons (Fsp3) is 0.378. The van der Waals surface area contributed by atoms with E-state index in [0.717, 1.165) is 66.5 Å². The Hall–Kier alpha value is -5.45. The quantitative estimate of drug-likeness (QED) is 0.198. The summed E-state index contributed by atoms with van der Waals surface area (Å²) in [7, 11) is 0. The molecule has 0 N–H and O–H groups in total. The third-order valence-corrected chi connectivity index (χ3v) is 9.55. The highest BCUT2D eigenvalue weighted by Gasteiger charge is 2.45. The van der Waals surface area contributed by atoms with Crippen molar-refractivity contribution in [2.24, 2.45) is 0 Å². The number of hydrogen-bond donors (Lipinski definition) is 0. The van der Waals surface area contributed by atoms with Crippen LogP contribution in [0.25, 0.3) is 5.69 Å². The van der Waals surface area contributed by atoms with Gasteiger partial charge in [0.15, 0.2) is 0 Å². The van der Waals surface area contributed by atoms with E-state index in [1.165, 1.54) is 4.68 Å². The van der Waals surface area contributed by atoms with Gasteiger partial charge in [0.05, 0.1) is 42.4 Å². The van der Waals surface area contributed by atoms with Gasteiger partial charge in [0.2, 0.25) is 5.79 Å². The number of ether oxygens (including phenoxy) is 3. The lowest BCUT2D eigenvalue weighted by atomic mass is 9.98. The maximum atomic E-state index is 12.8. The Labute approximate surface area is 290 Å². The van der Waals surface area contributed by atoms with Crippen LogP contribution in [0.1, 0.15) is 43.0 Å². The first-order valence-corrected chi connectivity index (χ1v) is 17.0. The molecule has 13 heteroatoms. The Morgan fingerprint density at radius 2 is 1.58 bits per heavy atom. The summed E-state index contributed by atoms with van der Waals surface area (Å²) in [5, 5.41) is 22.2. The summed E-state index contributed by atoms with van der Waals surface area (Å²) in [5.74, 6) is -0.346. The van der Waals surface area contributed by atoms with E-state index in [4.69, 9.17) is 14.2 Å². The van der Waals surface area contributed by atoms with E-state index in [0.29, 0.717) is 18.8 Å². The zero-order valence-electron chi connectivity index (χ0n) is 28.6. The number of nitriles is 1. The molecular weight excluding hydrogens is 634 g/mol. The lowest BCUT2D eigenvalue weighted by Gasteiger charge is -2.37. The number of nitrogens with zero attached hydrogens (tertiary/aromatic N) is 9. The van der Waals surface area contributed by atoms with E-state index in [9.17, 15) is 10.1 Å². The number of piperazine rings is 1. The second kappa shape index (κ2) is 14.2. The summed E-state index contributed by atoms with van der Waals surface area (Å²) < 4.78 is 22.2. The Morgan fingerprint density at radius 1 is 0.940 bits per heavy atom. The molecule has 4 heterocycles. The number of aromatic nitrogens is 6. The largest absolute Gasteiger partial charge is 0.491 e. The molecule has 50 heavy (non-hydrogen) atoms. The van der Waals surface area contributed by atoms with Gasteiger partial charge in [-0.1, -0.05) is 13.0 Å². The molecule has 0 aliphatic carbocycles. The summed E-state index contributed by atoms with van der Waals surface area (Å²) in [5.41, 5.74) is 5.28. The van der Waals surface area contributed by atoms with Crippen LogP contribution in [0.2, 0.25) is 0 Å². The van der Waals surface area contributed by atoms with Crippen molar-refractivity contribution in [3.05, 3.63) is 113 Å². The predicted molar refractivity (Wildman–Crippen MR) is 188 cm³/mol. The molecule has 2 saturated heterocycles. The highest BCUT2D eigenvalue weighted by atomic mass is 16.8. The molecule has 0 amide bonds. The fourth-order valence-corrected chi connectivity index (χ4v) is 6.59. The number of anilines is 2. The molecule has 2 aliphatic rings. The molecule has 2 aromatic heterocycles. The lowest BCUT2D eigenvalue weighted by molar-refractivity contribution is -0.192. The molecular formula is C37H41N9O4. The second-order valence-corrected chi connectivity index (χ2v) is 12.8. The van der Waals surface area contributed by atoms with Gasteiger partial charge in [-0.2, -0.15) is 25.4 Å². The lowest BCUT2D eigenvalue weighted by Crippen LogP contribution is -2.46. The minimum Gasteiger partial charge on any atom is -0.491 e. The van der Waals surface area contributed by atoms with E-state index in [2.05, 4.69) is 55.4 Å². The van der Waals surface area contributed by atoms with Crippen molar-refractivity contribution >= 4 is 11.4 Å². The molecule has 0 radical (unpaired) electrons. The molecule has 258 valence electrons. The second-order valence-electron chi connectivity index (χ2n) is 12.8. The van der Waals surface area contributed by atoms with Crippen LogP contribution in [0.5, 0.6) is 5.75 Å². The Balaban J connectivity index is 0.929. The summed E-state index contributed by atoms with van der Waals surface area (Å²) in [4.78, 5) is 19.1. The SMILES string of the molecule is CCC(C)n1ncn(-c2ccc(N3CCN(c4ccc(OC[C@@H]5CO[C@@](Cn6nccn6)(c6ccc(C#N)cc6C)O5)cc4)CC3)cc2)c1=O. The van der Waals surface area contributed by atoms with E-state index in [-0.39, 0.29) is 24.4 Å². The average Bonchev–Trinajstić information content (AvgIpc) is 3.92. The van der Waals surface area contributed by atoms with E-state index in [1.54, 1.807) is 34.2 Å². The molecule has 1 unspecified atom stereocenters. The van der Waals surface area contributed by atoms with Crippen LogP contribution in [0.15, 0.2) is 90.2 Å². The number of aryl methyl sites for hydroxylation is 1. The summed E-state index contributed by atoms with van der Waals surface area (Å²) in [6.07, 6.45) is 5.37. The highest BCUT2D eigenvalue weighted by Crippen LogP contribution is 2.38. The van der Waals surface area contributed by atoms with Crippen molar-refractivity contribution in [3.8, 4) is 17.5 Å². The normalized spacial score (nSPS) is 19.8. The van der Waals surface area contributed by atoms with Crippen LogP contribution >= 0.6 is 0 Å². The van der Waals surface area contributed by atoms with Gasteiger partial charge in [0, 0.05) is 43.1 Å². The average molecular weight is 676 g/mol. The molecule has 0 bridgehead atoms. The minimum atomic E-state index is -1.10. The molecule has 7 rings (SSSR count). The van der Waals surface area contributed by atoms with Gasteiger partial charge in [-0.3, -0.25) is 0 Å². The van der Waals surface area contributed by atoms with Crippen molar-refractivity contribution in [1.82, 2.24) is 29.3 Å². The summed E-state index contributed by atoms with van der Waals surface area (Å²) >= 11 is 0. The molecule has 3 aromatic carbocycles.